The highest BCUT2D eigenvalue weighted by Gasteiger charge is 2.15. The molecule has 0 N–H and O–H groups in total. The molecular weight excluding hydrogens is 190 g/mol. The summed E-state index contributed by atoms with van der Waals surface area (Å²) in [5, 5.41) is 0. The van der Waals surface area contributed by atoms with E-state index in [1.54, 1.807) is 7.05 Å². The maximum absolute atomic E-state index is 11.6. The summed E-state index contributed by atoms with van der Waals surface area (Å²) in [6.07, 6.45) is 1.43. The summed E-state index contributed by atoms with van der Waals surface area (Å²) >= 11 is 0. The second kappa shape index (κ2) is 6.59. The van der Waals surface area contributed by atoms with E-state index in [2.05, 4.69) is 13.8 Å². The predicted octanol–water partition coefficient (Wildman–Crippen LogP) is 2.11. The van der Waals surface area contributed by atoms with E-state index in [-0.39, 0.29) is 24.2 Å². The molecule has 0 aliphatic rings. The van der Waals surface area contributed by atoms with Crippen LogP contribution in [0.3, 0.4) is 0 Å². The standard InChI is InChI=1S/C12H23NO2/c1-9(2)6-7-12(15)13(5)8-11(14)10(3)4/h9-10H,6-8H2,1-5H3. The Bertz CT molecular complexity index is 222. The average molecular weight is 213 g/mol. The van der Waals surface area contributed by atoms with E-state index >= 15 is 0 Å². The summed E-state index contributed by atoms with van der Waals surface area (Å²) in [4.78, 5) is 24.5. The lowest BCUT2D eigenvalue weighted by molar-refractivity contribution is -0.135. The van der Waals surface area contributed by atoms with Gasteiger partial charge in [-0.05, 0) is 12.3 Å². The van der Waals surface area contributed by atoms with Crippen LogP contribution < -0.4 is 0 Å². The molecule has 0 heterocycles. The van der Waals surface area contributed by atoms with Crippen molar-refractivity contribution in [1.29, 1.82) is 0 Å². The highest BCUT2D eigenvalue weighted by atomic mass is 16.2. The minimum Gasteiger partial charge on any atom is -0.338 e. The summed E-state index contributed by atoms with van der Waals surface area (Å²) in [7, 11) is 1.70. The second-order valence-corrected chi connectivity index (χ2v) is 4.80. The number of Topliss-reactive ketones (excluding diaryl/α,β-unsaturated/α-hetero) is 1. The minimum atomic E-state index is 0.00495. The molecule has 0 aromatic rings. The zero-order chi connectivity index (χ0) is 12.0. The molecular formula is C12H23NO2. The Labute approximate surface area is 92.8 Å². The molecule has 0 aliphatic heterocycles. The highest BCUT2D eigenvalue weighted by molar-refractivity contribution is 5.87. The Morgan fingerprint density at radius 1 is 1.13 bits per heavy atom. The number of rotatable bonds is 6. The van der Waals surface area contributed by atoms with Gasteiger partial charge < -0.3 is 4.90 Å². The van der Waals surface area contributed by atoms with Crippen molar-refractivity contribution in [1.82, 2.24) is 4.90 Å². The smallest absolute Gasteiger partial charge is 0.222 e. The first-order valence-electron chi connectivity index (χ1n) is 5.61. The van der Waals surface area contributed by atoms with Crippen LogP contribution in [0.1, 0.15) is 40.5 Å². The van der Waals surface area contributed by atoms with Crippen molar-refractivity contribution in [2.75, 3.05) is 13.6 Å². The van der Waals surface area contributed by atoms with Crippen LogP contribution in [0, 0.1) is 11.8 Å². The van der Waals surface area contributed by atoms with Gasteiger partial charge >= 0.3 is 0 Å². The maximum atomic E-state index is 11.6. The summed E-state index contributed by atoms with van der Waals surface area (Å²) in [5.41, 5.74) is 0. The van der Waals surface area contributed by atoms with Crippen molar-refractivity contribution in [3.8, 4) is 0 Å². The molecule has 0 saturated carbocycles. The van der Waals surface area contributed by atoms with Gasteiger partial charge in [-0.2, -0.15) is 0 Å². The van der Waals surface area contributed by atoms with Crippen molar-refractivity contribution in [2.45, 2.75) is 40.5 Å². The maximum Gasteiger partial charge on any atom is 0.222 e. The van der Waals surface area contributed by atoms with E-state index in [1.165, 1.54) is 4.90 Å². The molecule has 0 saturated heterocycles. The molecule has 0 radical (unpaired) electrons. The quantitative estimate of drug-likeness (QED) is 0.677. The molecule has 0 unspecified atom stereocenters. The Morgan fingerprint density at radius 3 is 2.07 bits per heavy atom. The Hall–Kier alpha value is -0.860. The van der Waals surface area contributed by atoms with Crippen LogP contribution in [-0.4, -0.2) is 30.2 Å². The van der Waals surface area contributed by atoms with E-state index in [0.29, 0.717) is 12.3 Å². The monoisotopic (exact) mass is 213 g/mol. The Kier molecular flexibility index (Phi) is 6.21. The SMILES string of the molecule is CC(C)CCC(=O)N(C)CC(=O)C(C)C. The molecule has 88 valence electrons. The average Bonchev–Trinajstić information content (AvgIpc) is 2.13. The molecule has 3 heteroatoms. The van der Waals surface area contributed by atoms with E-state index in [1.807, 2.05) is 13.8 Å². The van der Waals surface area contributed by atoms with E-state index < -0.39 is 0 Å². The molecule has 3 nitrogen and oxygen atoms in total. The molecule has 15 heavy (non-hydrogen) atoms. The first-order chi connectivity index (χ1) is 6.84. The van der Waals surface area contributed by atoms with E-state index in [0.717, 1.165) is 6.42 Å². The van der Waals surface area contributed by atoms with Crippen LogP contribution in [0.4, 0.5) is 0 Å². The molecule has 0 bridgehead atoms. The van der Waals surface area contributed by atoms with Crippen molar-refractivity contribution in [2.24, 2.45) is 11.8 Å². The highest BCUT2D eigenvalue weighted by Crippen LogP contribution is 2.06. The van der Waals surface area contributed by atoms with Crippen LogP contribution in [0.2, 0.25) is 0 Å². The Morgan fingerprint density at radius 2 is 1.67 bits per heavy atom. The number of carbonyl (C=O) groups excluding carboxylic acids is 2. The van der Waals surface area contributed by atoms with E-state index in [4.69, 9.17) is 0 Å². The molecule has 0 atom stereocenters. The number of amides is 1. The third-order valence-electron chi connectivity index (χ3n) is 2.40. The third-order valence-corrected chi connectivity index (χ3v) is 2.40. The summed E-state index contributed by atoms with van der Waals surface area (Å²) < 4.78 is 0. The number of hydrogen-bond acceptors (Lipinski definition) is 2. The number of nitrogens with zero attached hydrogens (tertiary/aromatic N) is 1. The first kappa shape index (κ1) is 14.1. The largest absolute Gasteiger partial charge is 0.338 e. The van der Waals surface area contributed by atoms with Gasteiger partial charge in [0.05, 0.1) is 6.54 Å². The van der Waals surface area contributed by atoms with Gasteiger partial charge in [-0.3, -0.25) is 9.59 Å². The van der Waals surface area contributed by atoms with Crippen LogP contribution >= 0.6 is 0 Å². The number of ketones is 1. The van der Waals surface area contributed by atoms with Crippen molar-refractivity contribution in [3.63, 3.8) is 0 Å². The molecule has 0 spiro atoms. The second-order valence-electron chi connectivity index (χ2n) is 4.80. The van der Waals surface area contributed by atoms with Gasteiger partial charge in [-0.15, -0.1) is 0 Å². The molecule has 0 aliphatic carbocycles. The lowest BCUT2D eigenvalue weighted by atomic mass is 10.1. The number of carbonyl (C=O) groups is 2. The lowest BCUT2D eigenvalue weighted by Crippen LogP contribution is -2.33. The molecule has 1 amide bonds. The van der Waals surface area contributed by atoms with E-state index in [9.17, 15) is 9.59 Å². The molecule has 0 rings (SSSR count). The zero-order valence-electron chi connectivity index (χ0n) is 10.5. The Balaban J connectivity index is 3.94. The molecule has 0 aromatic carbocycles. The summed E-state index contributed by atoms with van der Waals surface area (Å²) in [5.74, 6) is 0.724. The normalized spacial score (nSPS) is 10.9. The van der Waals surface area contributed by atoms with Gasteiger partial charge in [0.25, 0.3) is 0 Å². The topological polar surface area (TPSA) is 37.4 Å². The van der Waals surface area contributed by atoms with Gasteiger partial charge in [0.15, 0.2) is 5.78 Å². The van der Waals surface area contributed by atoms with Crippen molar-refractivity contribution < 1.29 is 9.59 Å². The van der Waals surface area contributed by atoms with Crippen LogP contribution in [0.5, 0.6) is 0 Å². The fraction of sp³-hybridized carbons (Fsp3) is 0.833. The predicted molar refractivity (Wildman–Crippen MR) is 61.6 cm³/mol. The van der Waals surface area contributed by atoms with Crippen LogP contribution in [0.15, 0.2) is 0 Å². The van der Waals surface area contributed by atoms with Crippen molar-refractivity contribution in [3.05, 3.63) is 0 Å². The van der Waals surface area contributed by atoms with Gasteiger partial charge in [0.2, 0.25) is 5.91 Å². The zero-order valence-corrected chi connectivity index (χ0v) is 10.5. The van der Waals surface area contributed by atoms with Gasteiger partial charge in [0.1, 0.15) is 0 Å². The van der Waals surface area contributed by atoms with Crippen molar-refractivity contribution >= 4 is 11.7 Å². The summed E-state index contributed by atoms with van der Waals surface area (Å²) in [6, 6.07) is 0. The third kappa shape index (κ3) is 6.26. The number of likely N-dealkylation sites (N-methyl/N-ethyl adjacent to an activating group) is 1. The lowest BCUT2D eigenvalue weighted by Gasteiger charge is -2.18. The van der Waals surface area contributed by atoms with Crippen LogP contribution in [0.25, 0.3) is 0 Å². The summed E-state index contributed by atoms with van der Waals surface area (Å²) in [6.45, 7) is 8.14. The van der Waals surface area contributed by atoms with Gasteiger partial charge in [-0.1, -0.05) is 27.7 Å². The fourth-order valence-corrected chi connectivity index (χ4v) is 1.11. The van der Waals surface area contributed by atoms with Gasteiger partial charge in [0, 0.05) is 19.4 Å². The first-order valence-corrected chi connectivity index (χ1v) is 5.61. The van der Waals surface area contributed by atoms with Crippen LogP contribution in [-0.2, 0) is 9.59 Å². The van der Waals surface area contributed by atoms with Gasteiger partial charge in [-0.25, -0.2) is 0 Å². The minimum absolute atomic E-state index is 0.00495. The molecule has 0 fully saturated rings. The fourth-order valence-electron chi connectivity index (χ4n) is 1.11. The molecule has 0 aromatic heterocycles. The number of hydrogen-bond donors (Lipinski definition) is 0.